The lowest BCUT2D eigenvalue weighted by atomic mass is 9.99. The van der Waals surface area contributed by atoms with Crippen LogP contribution in [0.4, 0.5) is 0 Å². The number of likely N-dealkylation sites (tertiary alicyclic amines) is 1. The summed E-state index contributed by atoms with van der Waals surface area (Å²) in [5.74, 6) is 1.86. The van der Waals surface area contributed by atoms with E-state index in [1.165, 1.54) is 13.0 Å². The minimum Gasteiger partial charge on any atom is -0.425 e. The minimum absolute atomic E-state index is 0.405. The maximum atomic E-state index is 5.58. The topological polar surface area (TPSA) is 68.2 Å². The van der Waals surface area contributed by atoms with Crippen molar-refractivity contribution in [2.75, 3.05) is 26.7 Å². The molecule has 5 nitrogen and oxygen atoms in total. The number of rotatable bonds is 3. The van der Waals surface area contributed by atoms with Crippen molar-refractivity contribution in [1.82, 2.24) is 15.1 Å². The molecule has 0 saturated carbocycles. The van der Waals surface area contributed by atoms with Crippen LogP contribution in [0.5, 0.6) is 0 Å². The van der Waals surface area contributed by atoms with Crippen LogP contribution < -0.4 is 5.73 Å². The average Bonchev–Trinajstić information content (AvgIpc) is 2.67. The van der Waals surface area contributed by atoms with Crippen LogP contribution in [0.1, 0.15) is 30.5 Å². The zero-order chi connectivity index (χ0) is 10.7. The lowest BCUT2D eigenvalue weighted by molar-refractivity contribution is 0.228. The molecule has 1 fully saturated rings. The van der Waals surface area contributed by atoms with Gasteiger partial charge in [-0.05, 0) is 26.4 Å². The highest BCUT2D eigenvalue weighted by molar-refractivity contribution is 4.95. The monoisotopic (exact) mass is 210 g/mol. The summed E-state index contributed by atoms with van der Waals surface area (Å²) in [5.41, 5.74) is 5.43. The number of hydrogen-bond donors (Lipinski definition) is 1. The summed E-state index contributed by atoms with van der Waals surface area (Å²) < 4.78 is 5.58. The van der Waals surface area contributed by atoms with Crippen molar-refractivity contribution in [3.05, 3.63) is 11.8 Å². The number of nitrogens with two attached hydrogens (primary N) is 1. The molecule has 0 bridgehead atoms. The molecule has 0 aromatic carbocycles. The molecule has 2 N–H and O–H groups in total. The predicted octanol–water partition coefficient (Wildman–Crippen LogP) is 0.380. The highest BCUT2D eigenvalue weighted by Gasteiger charge is 2.23. The van der Waals surface area contributed by atoms with Gasteiger partial charge in [-0.1, -0.05) is 0 Å². The van der Waals surface area contributed by atoms with Crippen LogP contribution in [0, 0.1) is 0 Å². The summed E-state index contributed by atoms with van der Waals surface area (Å²) in [6.07, 6.45) is 3.03. The fourth-order valence-electron chi connectivity index (χ4n) is 2.02. The van der Waals surface area contributed by atoms with Crippen molar-refractivity contribution in [1.29, 1.82) is 0 Å². The van der Waals surface area contributed by atoms with Gasteiger partial charge in [0.25, 0.3) is 0 Å². The first-order valence-electron chi connectivity index (χ1n) is 5.50. The second-order valence-corrected chi connectivity index (χ2v) is 4.17. The molecule has 0 amide bonds. The van der Waals surface area contributed by atoms with Crippen molar-refractivity contribution >= 4 is 0 Å². The van der Waals surface area contributed by atoms with Gasteiger partial charge >= 0.3 is 0 Å². The molecule has 1 aliphatic heterocycles. The van der Waals surface area contributed by atoms with Crippen molar-refractivity contribution in [3.8, 4) is 0 Å². The lowest BCUT2D eigenvalue weighted by Gasteiger charge is -2.27. The average molecular weight is 210 g/mol. The highest BCUT2D eigenvalue weighted by Crippen LogP contribution is 2.24. The van der Waals surface area contributed by atoms with Gasteiger partial charge in [-0.3, -0.25) is 0 Å². The maximum absolute atomic E-state index is 5.58. The van der Waals surface area contributed by atoms with E-state index in [1.54, 1.807) is 0 Å². The van der Waals surface area contributed by atoms with E-state index in [2.05, 4.69) is 22.1 Å². The lowest BCUT2D eigenvalue weighted by Crippen LogP contribution is -2.30. The van der Waals surface area contributed by atoms with Crippen LogP contribution in [0.15, 0.2) is 4.42 Å². The van der Waals surface area contributed by atoms with E-state index in [4.69, 9.17) is 10.2 Å². The van der Waals surface area contributed by atoms with Crippen LogP contribution in [0.25, 0.3) is 0 Å². The maximum Gasteiger partial charge on any atom is 0.220 e. The normalized spacial score (nSPS) is 23.2. The zero-order valence-electron chi connectivity index (χ0n) is 9.15. The number of likely N-dealkylation sites (N-methyl/N-ethyl adjacent to an activating group) is 1. The van der Waals surface area contributed by atoms with E-state index in [-0.39, 0.29) is 0 Å². The third-order valence-corrected chi connectivity index (χ3v) is 2.81. The smallest absolute Gasteiger partial charge is 0.220 e. The molecule has 2 rings (SSSR count). The van der Waals surface area contributed by atoms with Crippen LogP contribution in [0.2, 0.25) is 0 Å². The Hall–Kier alpha value is -0.940. The first kappa shape index (κ1) is 10.6. The summed E-state index contributed by atoms with van der Waals surface area (Å²) >= 11 is 0. The Morgan fingerprint density at radius 3 is 3.13 bits per heavy atom. The van der Waals surface area contributed by atoms with E-state index in [1.807, 2.05) is 0 Å². The van der Waals surface area contributed by atoms with Crippen molar-refractivity contribution in [3.63, 3.8) is 0 Å². The summed E-state index contributed by atoms with van der Waals surface area (Å²) in [6.45, 7) is 2.75. The Morgan fingerprint density at radius 2 is 2.40 bits per heavy atom. The van der Waals surface area contributed by atoms with Gasteiger partial charge in [-0.25, -0.2) is 0 Å². The zero-order valence-corrected chi connectivity index (χ0v) is 9.15. The largest absolute Gasteiger partial charge is 0.425 e. The van der Waals surface area contributed by atoms with Gasteiger partial charge in [0.2, 0.25) is 11.8 Å². The standard InChI is InChI=1S/C10H18N4O/c1-14-6-2-3-8(7-14)10-13-12-9(15-10)4-5-11/h8H,2-7,11H2,1H3. The van der Waals surface area contributed by atoms with Gasteiger partial charge in [-0.15, -0.1) is 10.2 Å². The fraction of sp³-hybridized carbons (Fsp3) is 0.800. The predicted molar refractivity (Wildman–Crippen MR) is 56.5 cm³/mol. The molecule has 2 heterocycles. The van der Waals surface area contributed by atoms with Gasteiger partial charge < -0.3 is 15.1 Å². The van der Waals surface area contributed by atoms with Gasteiger partial charge in [0.15, 0.2) is 0 Å². The van der Waals surface area contributed by atoms with Gasteiger partial charge in [-0.2, -0.15) is 0 Å². The third kappa shape index (κ3) is 2.54. The Kier molecular flexibility index (Phi) is 3.33. The van der Waals surface area contributed by atoms with E-state index in [9.17, 15) is 0 Å². The highest BCUT2D eigenvalue weighted by atomic mass is 16.4. The SMILES string of the molecule is CN1CCCC(c2nnc(CCN)o2)C1. The van der Waals surface area contributed by atoms with Crippen LogP contribution in [-0.4, -0.2) is 41.8 Å². The summed E-state index contributed by atoms with van der Waals surface area (Å²) in [7, 11) is 2.13. The molecule has 15 heavy (non-hydrogen) atoms. The van der Waals surface area contributed by atoms with Gasteiger partial charge in [0, 0.05) is 19.5 Å². The van der Waals surface area contributed by atoms with Gasteiger partial charge in [0.05, 0.1) is 5.92 Å². The Morgan fingerprint density at radius 1 is 1.53 bits per heavy atom. The fourth-order valence-corrected chi connectivity index (χ4v) is 2.02. The van der Waals surface area contributed by atoms with E-state index in [0.717, 1.165) is 18.9 Å². The molecule has 1 unspecified atom stereocenters. The first-order chi connectivity index (χ1) is 7.29. The molecule has 5 heteroatoms. The Bertz CT molecular complexity index is 312. The third-order valence-electron chi connectivity index (χ3n) is 2.81. The molecule has 1 aliphatic rings. The number of hydrogen-bond acceptors (Lipinski definition) is 5. The van der Waals surface area contributed by atoms with E-state index in [0.29, 0.717) is 24.8 Å². The van der Waals surface area contributed by atoms with E-state index < -0.39 is 0 Å². The molecule has 84 valence electrons. The minimum atomic E-state index is 0.405. The van der Waals surface area contributed by atoms with Crippen LogP contribution in [-0.2, 0) is 6.42 Å². The second kappa shape index (κ2) is 4.72. The van der Waals surface area contributed by atoms with E-state index >= 15 is 0 Å². The summed E-state index contributed by atoms with van der Waals surface area (Å²) in [6, 6.07) is 0. The number of nitrogens with zero attached hydrogens (tertiary/aromatic N) is 3. The molecule has 1 atom stereocenters. The Labute approximate surface area is 89.6 Å². The molecular formula is C10H18N4O. The summed E-state index contributed by atoms with van der Waals surface area (Å²) in [5, 5.41) is 8.09. The molecule has 1 aromatic rings. The summed E-state index contributed by atoms with van der Waals surface area (Å²) in [4.78, 5) is 2.31. The van der Waals surface area contributed by atoms with Crippen molar-refractivity contribution < 1.29 is 4.42 Å². The molecule has 0 radical (unpaired) electrons. The molecule has 0 spiro atoms. The molecule has 1 aromatic heterocycles. The van der Waals surface area contributed by atoms with Crippen LogP contribution in [0.3, 0.4) is 0 Å². The quantitative estimate of drug-likeness (QED) is 0.781. The molecule has 1 saturated heterocycles. The van der Waals surface area contributed by atoms with Crippen molar-refractivity contribution in [2.24, 2.45) is 5.73 Å². The molecule has 0 aliphatic carbocycles. The number of aromatic nitrogens is 2. The van der Waals surface area contributed by atoms with Crippen LogP contribution >= 0.6 is 0 Å². The molecular weight excluding hydrogens is 192 g/mol. The van der Waals surface area contributed by atoms with Gasteiger partial charge in [0.1, 0.15) is 0 Å². The Balaban J connectivity index is 2.01. The second-order valence-electron chi connectivity index (χ2n) is 4.17. The first-order valence-corrected chi connectivity index (χ1v) is 5.50. The van der Waals surface area contributed by atoms with Crippen molar-refractivity contribution in [2.45, 2.75) is 25.2 Å². The number of piperidine rings is 1.